The van der Waals surface area contributed by atoms with E-state index in [4.69, 9.17) is 9.47 Å². The van der Waals surface area contributed by atoms with Crippen LogP contribution in [0.2, 0.25) is 0 Å². The first kappa shape index (κ1) is 15.3. The molecule has 0 spiro atoms. The Balaban J connectivity index is 1.91. The molecule has 122 valence electrons. The predicted molar refractivity (Wildman–Crippen MR) is 84.7 cm³/mol. The second-order valence-corrected chi connectivity index (χ2v) is 5.91. The highest BCUT2D eigenvalue weighted by molar-refractivity contribution is 5.91. The molecule has 0 saturated heterocycles. The number of aromatic nitrogens is 3. The van der Waals surface area contributed by atoms with E-state index >= 15 is 0 Å². The number of carbonyl (C=O) groups is 1. The van der Waals surface area contributed by atoms with Gasteiger partial charge in [-0.15, -0.1) is 0 Å². The van der Waals surface area contributed by atoms with Gasteiger partial charge in [-0.05, 0) is 23.6 Å². The number of amides is 1. The van der Waals surface area contributed by atoms with E-state index in [2.05, 4.69) is 29.2 Å². The lowest BCUT2D eigenvalue weighted by Crippen LogP contribution is -2.29. The van der Waals surface area contributed by atoms with E-state index in [1.54, 1.807) is 11.8 Å². The second kappa shape index (κ2) is 6.28. The van der Waals surface area contributed by atoms with Crippen LogP contribution in [-0.4, -0.2) is 34.4 Å². The maximum absolute atomic E-state index is 11.9. The molecule has 23 heavy (non-hydrogen) atoms. The Kier molecular flexibility index (Phi) is 4.18. The molecule has 0 aliphatic carbocycles. The van der Waals surface area contributed by atoms with E-state index in [9.17, 15) is 4.79 Å². The lowest BCUT2D eigenvalue weighted by atomic mass is 10.0. The quantitative estimate of drug-likeness (QED) is 0.915. The van der Waals surface area contributed by atoms with Crippen molar-refractivity contribution in [2.24, 2.45) is 5.92 Å². The smallest absolute Gasteiger partial charge is 0.229 e. The van der Waals surface area contributed by atoms with Gasteiger partial charge >= 0.3 is 0 Å². The van der Waals surface area contributed by atoms with Crippen molar-refractivity contribution in [3.05, 3.63) is 30.1 Å². The summed E-state index contributed by atoms with van der Waals surface area (Å²) in [6.07, 6.45) is 1.75. The Morgan fingerprint density at radius 1 is 1.39 bits per heavy atom. The number of nitrogens with one attached hydrogen (secondary N) is 1. The molecule has 1 atom stereocenters. The molecule has 2 aromatic rings. The summed E-state index contributed by atoms with van der Waals surface area (Å²) < 4.78 is 12.9. The van der Waals surface area contributed by atoms with Gasteiger partial charge in [-0.3, -0.25) is 10.1 Å². The van der Waals surface area contributed by atoms with Gasteiger partial charge in [0.2, 0.25) is 11.9 Å². The minimum atomic E-state index is -0.200. The monoisotopic (exact) mass is 316 g/mol. The van der Waals surface area contributed by atoms with Crippen LogP contribution in [0.15, 0.2) is 24.5 Å². The average molecular weight is 316 g/mol. The van der Waals surface area contributed by atoms with Gasteiger partial charge in [0.05, 0.1) is 26.2 Å². The normalized spacial score (nSPS) is 16.9. The number of carbonyl (C=O) groups excluding carboxylic acids is 1. The van der Waals surface area contributed by atoms with Crippen LogP contribution in [0, 0.1) is 5.92 Å². The Hall–Kier alpha value is -2.57. The first-order chi connectivity index (χ1) is 11.1. The van der Waals surface area contributed by atoms with Crippen molar-refractivity contribution in [2.75, 3.05) is 19.0 Å². The molecule has 0 bridgehead atoms. The van der Waals surface area contributed by atoms with Crippen molar-refractivity contribution >= 4 is 11.9 Å². The van der Waals surface area contributed by atoms with Crippen LogP contribution in [0.3, 0.4) is 0 Å². The number of anilines is 1. The molecule has 0 radical (unpaired) electrons. The maximum Gasteiger partial charge on any atom is 0.229 e. The van der Waals surface area contributed by atoms with Gasteiger partial charge in [0.15, 0.2) is 11.5 Å². The number of fused-ring (bicyclic) bond motifs is 1. The molecule has 7 heteroatoms. The van der Waals surface area contributed by atoms with E-state index in [-0.39, 0.29) is 11.9 Å². The van der Waals surface area contributed by atoms with Crippen LogP contribution in [-0.2, 0) is 4.79 Å². The fourth-order valence-electron chi connectivity index (χ4n) is 2.53. The average Bonchev–Trinajstić information content (AvgIpc) is 3.00. The van der Waals surface area contributed by atoms with E-state index in [0.29, 0.717) is 36.4 Å². The SMILES string of the molecule is COc1cc([C@H]2CC(=O)Nc3ncnn32)ccc1OCC(C)C. The van der Waals surface area contributed by atoms with Crippen LogP contribution in [0.5, 0.6) is 11.5 Å². The topological polar surface area (TPSA) is 78.3 Å². The molecule has 1 aromatic heterocycles. The zero-order chi connectivity index (χ0) is 16.4. The summed E-state index contributed by atoms with van der Waals surface area (Å²) in [5.74, 6) is 2.17. The molecule has 2 heterocycles. The van der Waals surface area contributed by atoms with Gasteiger partial charge in [-0.2, -0.15) is 10.1 Å². The summed E-state index contributed by atoms with van der Waals surface area (Å²) in [6, 6.07) is 5.51. The molecule has 1 aliphatic heterocycles. The maximum atomic E-state index is 11.9. The zero-order valence-electron chi connectivity index (χ0n) is 13.4. The van der Waals surface area contributed by atoms with Gasteiger partial charge in [-0.25, -0.2) is 4.68 Å². The standard InChI is InChI=1S/C16H20N4O3/c1-10(2)8-23-13-5-4-11(6-14(13)22-3)12-7-15(21)19-16-17-9-18-20(12)16/h4-6,9-10,12H,7-8H2,1-3H3,(H,17,18,19,21)/t12-/m1/s1. The predicted octanol–water partition coefficient (Wildman–Crippen LogP) is 2.25. The minimum Gasteiger partial charge on any atom is -0.493 e. The summed E-state index contributed by atoms with van der Waals surface area (Å²) in [5, 5.41) is 6.91. The number of hydrogen-bond donors (Lipinski definition) is 1. The Bertz CT molecular complexity index is 711. The van der Waals surface area contributed by atoms with Gasteiger partial charge < -0.3 is 9.47 Å². The van der Waals surface area contributed by atoms with E-state index in [1.807, 2.05) is 18.2 Å². The molecule has 1 N–H and O–H groups in total. The van der Waals surface area contributed by atoms with Crippen LogP contribution in [0.4, 0.5) is 5.95 Å². The number of methoxy groups -OCH3 is 1. The molecule has 0 unspecified atom stereocenters. The molecule has 0 fully saturated rings. The number of hydrogen-bond acceptors (Lipinski definition) is 5. The Morgan fingerprint density at radius 3 is 2.96 bits per heavy atom. The number of rotatable bonds is 5. The van der Waals surface area contributed by atoms with E-state index < -0.39 is 0 Å². The highest BCUT2D eigenvalue weighted by atomic mass is 16.5. The van der Waals surface area contributed by atoms with Crippen molar-refractivity contribution < 1.29 is 14.3 Å². The van der Waals surface area contributed by atoms with Crippen molar-refractivity contribution in [1.29, 1.82) is 0 Å². The molecule has 1 amide bonds. The largest absolute Gasteiger partial charge is 0.493 e. The van der Waals surface area contributed by atoms with E-state index in [0.717, 1.165) is 5.56 Å². The van der Waals surface area contributed by atoms with Crippen LogP contribution in [0.1, 0.15) is 31.9 Å². The van der Waals surface area contributed by atoms with E-state index in [1.165, 1.54) is 6.33 Å². The van der Waals surface area contributed by atoms with Crippen molar-refractivity contribution in [2.45, 2.75) is 26.3 Å². The fourth-order valence-corrected chi connectivity index (χ4v) is 2.53. The number of nitrogens with zero attached hydrogens (tertiary/aromatic N) is 3. The highest BCUT2D eigenvalue weighted by Crippen LogP contribution is 2.35. The summed E-state index contributed by atoms with van der Waals surface area (Å²) in [5.41, 5.74) is 0.931. The van der Waals surface area contributed by atoms with Crippen molar-refractivity contribution in [3.8, 4) is 11.5 Å². The van der Waals surface area contributed by atoms with Gasteiger partial charge in [0, 0.05) is 0 Å². The van der Waals surface area contributed by atoms with Crippen molar-refractivity contribution in [1.82, 2.24) is 14.8 Å². The first-order valence-corrected chi connectivity index (χ1v) is 7.58. The third kappa shape index (κ3) is 3.13. The molecular formula is C16H20N4O3. The van der Waals surface area contributed by atoms with Crippen LogP contribution in [0.25, 0.3) is 0 Å². The summed E-state index contributed by atoms with van der Waals surface area (Å²) >= 11 is 0. The third-order valence-corrected chi connectivity index (χ3v) is 3.64. The molecule has 1 aliphatic rings. The molecule has 0 saturated carbocycles. The minimum absolute atomic E-state index is 0.0744. The zero-order valence-corrected chi connectivity index (χ0v) is 13.4. The van der Waals surface area contributed by atoms with Gasteiger partial charge in [-0.1, -0.05) is 19.9 Å². The molecule has 3 rings (SSSR count). The summed E-state index contributed by atoms with van der Waals surface area (Å²) in [6.45, 7) is 4.80. The van der Waals surface area contributed by atoms with Gasteiger partial charge in [0.25, 0.3) is 0 Å². The number of benzene rings is 1. The Morgan fingerprint density at radius 2 is 2.22 bits per heavy atom. The van der Waals surface area contributed by atoms with Gasteiger partial charge in [0.1, 0.15) is 6.33 Å². The first-order valence-electron chi connectivity index (χ1n) is 7.58. The molecule has 7 nitrogen and oxygen atoms in total. The fraction of sp³-hybridized carbons (Fsp3) is 0.438. The number of ether oxygens (including phenoxy) is 2. The van der Waals surface area contributed by atoms with Crippen LogP contribution >= 0.6 is 0 Å². The molecule has 1 aromatic carbocycles. The second-order valence-electron chi connectivity index (χ2n) is 5.91. The highest BCUT2D eigenvalue weighted by Gasteiger charge is 2.28. The summed E-state index contributed by atoms with van der Waals surface area (Å²) in [7, 11) is 1.61. The molecular weight excluding hydrogens is 296 g/mol. The Labute approximate surface area is 134 Å². The van der Waals surface area contributed by atoms with Crippen LogP contribution < -0.4 is 14.8 Å². The van der Waals surface area contributed by atoms with Crippen molar-refractivity contribution in [3.63, 3.8) is 0 Å². The lowest BCUT2D eigenvalue weighted by molar-refractivity contribution is -0.117. The summed E-state index contributed by atoms with van der Waals surface area (Å²) in [4.78, 5) is 15.9. The third-order valence-electron chi connectivity index (χ3n) is 3.64. The lowest BCUT2D eigenvalue weighted by Gasteiger charge is -2.24.